The number of aliphatic hydroxyl groups excluding tert-OH is 1. The molecule has 0 spiro atoms. The largest absolute Gasteiger partial charge is 0.508 e. The molecule has 8 nitrogen and oxygen atoms in total. The van der Waals surface area contributed by atoms with Gasteiger partial charge in [-0.25, -0.2) is 4.98 Å². The molecule has 1 aromatic heterocycles. The summed E-state index contributed by atoms with van der Waals surface area (Å²) in [7, 11) is 1.00. The quantitative estimate of drug-likeness (QED) is 0.374. The van der Waals surface area contributed by atoms with Gasteiger partial charge in [-0.15, -0.1) is 0 Å². The molecule has 2 aromatic carbocycles. The zero-order valence-corrected chi connectivity index (χ0v) is 21.0. The number of aldehydes is 1. The molecule has 36 heavy (non-hydrogen) atoms. The number of phenols is 1. The van der Waals surface area contributed by atoms with Crippen LogP contribution in [0.3, 0.4) is 0 Å². The lowest BCUT2D eigenvalue weighted by Gasteiger charge is -2.11. The molecule has 0 bridgehead atoms. The van der Waals surface area contributed by atoms with Gasteiger partial charge in [-0.2, -0.15) is 0 Å². The van der Waals surface area contributed by atoms with Crippen LogP contribution in [-0.4, -0.2) is 40.6 Å². The maximum atomic E-state index is 11.2. The summed E-state index contributed by atoms with van der Waals surface area (Å²) in [6.07, 6.45) is 7.77. The number of aromatic hydroxyl groups is 1. The first-order valence-electron chi connectivity index (χ1n) is 11.7. The number of aryl methyl sites for hydroxylation is 2. The Labute approximate surface area is 211 Å². The number of benzene rings is 2. The molecule has 4 rings (SSSR count). The molecule has 192 valence electrons. The molecule has 0 saturated heterocycles. The Kier molecular flexibility index (Phi) is 11.1. The maximum absolute atomic E-state index is 11.2. The van der Waals surface area contributed by atoms with Crippen molar-refractivity contribution in [3.8, 4) is 16.9 Å². The molecule has 0 radical (unpaired) electrons. The lowest BCUT2D eigenvalue weighted by molar-refractivity contribution is 0.0456. The number of amides is 1. The Morgan fingerprint density at radius 2 is 1.75 bits per heavy atom. The van der Waals surface area contributed by atoms with E-state index in [9.17, 15) is 14.7 Å². The molecule has 6 N–H and O–H groups in total. The summed E-state index contributed by atoms with van der Waals surface area (Å²) in [5.74, 6) is -0.716. The van der Waals surface area contributed by atoms with Gasteiger partial charge in [0.15, 0.2) is 0 Å². The van der Waals surface area contributed by atoms with Crippen LogP contribution in [0.1, 0.15) is 63.1 Å². The molecule has 8 heteroatoms. The molecule has 1 amide bonds. The van der Waals surface area contributed by atoms with E-state index in [4.69, 9.17) is 21.3 Å². The van der Waals surface area contributed by atoms with Crippen molar-refractivity contribution in [2.24, 2.45) is 5.73 Å². The number of pyridine rings is 1. The number of aromatic nitrogens is 1. The van der Waals surface area contributed by atoms with Crippen LogP contribution in [-0.2, 0) is 11.3 Å². The van der Waals surface area contributed by atoms with Crippen molar-refractivity contribution < 1.29 is 24.5 Å². The number of hydrogen-bond donors (Lipinski definition) is 4. The lowest BCUT2D eigenvalue weighted by atomic mass is 10.0. The fourth-order valence-electron chi connectivity index (χ4n) is 3.86. The second-order valence-electron chi connectivity index (χ2n) is 8.59. The van der Waals surface area contributed by atoms with E-state index in [-0.39, 0.29) is 17.1 Å². The van der Waals surface area contributed by atoms with Crippen LogP contribution < -0.4 is 11.5 Å². The number of carbonyl (C=O) groups excluding carboxylic acids is 2. The number of nitrogens with two attached hydrogens (primary N) is 2. The van der Waals surface area contributed by atoms with Crippen molar-refractivity contribution in [1.82, 2.24) is 4.98 Å². The zero-order chi connectivity index (χ0) is 26.7. The van der Waals surface area contributed by atoms with Gasteiger partial charge in [0.2, 0.25) is 0 Å². The smallest absolute Gasteiger partial charge is 0.252 e. The number of primary amides is 1. The molecule has 1 aliphatic rings. The highest BCUT2D eigenvalue weighted by Gasteiger charge is 2.15. The highest BCUT2D eigenvalue weighted by molar-refractivity contribution is 5.98. The van der Waals surface area contributed by atoms with E-state index in [0.717, 1.165) is 13.7 Å². The minimum atomic E-state index is -0.692. The summed E-state index contributed by atoms with van der Waals surface area (Å²) in [4.78, 5) is 25.8. The van der Waals surface area contributed by atoms with Gasteiger partial charge in [0.25, 0.3) is 5.91 Å². The highest BCUT2D eigenvalue weighted by atomic mass is 16.5. The summed E-state index contributed by atoms with van der Waals surface area (Å²) in [6, 6.07) is 12.4. The van der Waals surface area contributed by atoms with Crippen molar-refractivity contribution in [1.29, 1.82) is 0 Å². The van der Waals surface area contributed by atoms with Gasteiger partial charge in [0.1, 0.15) is 17.9 Å². The Hall–Kier alpha value is -3.75. The van der Waals surface area contributed by atoms with Gasteiger partial charge in [0, 0.05) is 24.4 Å². The Morgan fingerprint density at radius 3 is 2.36 bits per heavy atom. The second kappa shape index (κ2) is 14.0. The summed E-state index contributed by atoms with van der Waals surface area (Å²) < 4.78 is 5.88. The average molecular weight is 494 g/mol. The van der Waals surface area contributed by atoms with Gasteiger partial charge in [-0.05, 0) is 73.2 Å². The van der Waals surface area contributed by atoms with E-state index in [0.29, 0.717) is 29.1 Å². The van der Waals surface area contributed by atoms with Gasteiger partial charge in [-0.1, -0.05) is 31.0 Å². The van der Waals surface area contributed by atoms with E-state index < -0.39 is 5.91 Å². The first-order chi connectivity index (χ1) is 17.3. The molecule has 1 aliphatic carbocycles. The first-order valence-corrected chi connectivity index (χ1v) is 11.7. The maximum Gasteiger partial charge on any atom is 0.252 e. The Balaban J connectivity index is 0.000000243. The third-order valence-corrected chi connectivity index (χ3v) is 5.95. The minimum Gasteiger partial charge on any atom is -0.508 e. The highest BCUT2D eigenvalue weighted by Crippen LogP contribution is 2.26. The van der Waals surface area contributed by atoms with Crippen LogP contribution in [0, 0.1) is 13.8 Å². The standard InChI is InChI=1S/C14H20O.C13H11N3O3.CH4O/c1-11-7-8-13(9-12(11)2)10-15-14-5-3-4-6-14;14-12-11(13(15)19)4-9(5-16-12)8-1-7(6-17)2-10(18)3-8;1-2/h7-9,14H,3-6,10H2,1-2H3;1-6,18H,(H2,14,16)(H2,15,19);2H,1H3. The third kappa shape index (κ3) is 8.18. The van der Waals surface area contributed by atoms with E-state index >= 15 is 0 Å². The van der Waals surface area contributed by atoms with E-state index in [2.05, 4.69) is 37.0 Å². The number of nitrogens with zero attached hydrogens (tertiary/aromatic N) is 1. The molecule has 1 heterocycles. The van der Waals surface area contributed by atoms with Crippen LogP contribution in [0.25, 0.3) is 11.1 Å². The zero-order valence-electron chi connectivity index (χ0n) is 21.0. The first kappa shape index (κ1) is 28.5. The summed E-state index contributed by atoms with van der Waals surface area (Å²) in [5, 5.41) is 16.5. The van der Waals surface area contributed by atoms with Crippen LogP contribution in [0.2, 0.25) is 0 Å². The van der Waals surface area contributed by atoms with Crippen LogP contribution >= 0.6 is 0 Å². The molecule has 0 atom stereocenters. The van der Waals surface area contributed by atoms with Gasteiger partial charge in [0.05, 0.1) is 18.3 Å². The van der Waals surface area contributed by atoms with E-state index in [1.54, 1.807) is 6.07 Å². The normalized spacial score (nSPS) is 12.7. The number of carbonyl (C=O) groups is 2. The molecule has 0 aliphatic heterocycles. The Morgan fingerprint density at radius 1 is 1.06 bits per heavy atom. The summed E-state index contributed by atoms with van der Waals surface area (Å²) in [6.45, 7) is 5.09. The van der Waals surface area contributed by atoms with Crippen molar-refractivity contribution >= 4 is 18.0 Å². The van der Waals surface area contributed by atoms with Crippen LogP contribution in [0.15, 0.2) is 48.7 Å². The molecule has 0 unspecified atom stereocenters. The number of nitrogen functional groups attached to an aromatic ring is 1. The fourth-order valence-corrected chi connectivity index (χ4v) is 3.86. The number of phenolic OH excluding ortho intramolecular Hbond substituents is 1. The topological polar surface area (TPSA) is 149 Å². The molecule has 1 fully saturated rings. The second-order valence-corrected chi connectivity index (χ2v) is 8.59. The number of ether oxygens (including phenoxy) is 1. The van der Waals surface area contributed by atoms with Gasteiger partial charge < -0.3 is 26.4 Å². The monoisotopic (exact) mass is 493 g/mol. The average Bonchev–Trinajstić information content (AvgIpc) is 3.40. The number of rotatable bonds is 6. The molecular formula is C28H35N3O5. The predicted molar refractivity (Wildman–Crippen MR) is 141 cm³/mol. The predicted octanol–water partition coefficient (Wildman–Crippen LogP) is 4.32. The molecular weight excluding hydrogens is 458 g/mol. The summed E-state index contributed by atoms with van der Waals surface area (Å²) in [5.41, 5.74) is 16.2. The van der Waals surface area contributed by atoms with E-state index in [1.165, 1.54) is 66.8 Å². The lowest BCUT2D eigenvalue weighted by Crippen LogP contribution is -2.14. The van der Waals surface area contributed by atoms with Crippen LogP contribution in [0.4, 0.5) is 5.82 Å². The molecule has 1 saturated carbocycles. The van der Waals surface area contributed by atoms with Crippen molar-refractivity contribution in [3.05, 3.63) is 76.5 Å². The fraction of sp³-hybridized carbons (Fsp3) is 0.321. The third-order valence-electron chi connectivity index (χ3n) is 5.95. The molecule has 3 aromatic rings. The van der Waals surface area contributed by atoms with Gasteiger partial charge in [-0.3, -0.25) is 9.59 Å². The number of aliphatic hydroxyl groups is 1. The van der Waals surface area contributed by atoms with Crippen molar-refractivity contribution in [3.63, 3.8) is 0 Å². The van der Waals surface area contributed by atoms with Crippen molar-refractivity contribution in [2.75, 3.05) is 12.8 Å². The Bertz CT molecular complexity index is 1170. The number of hydrogen-bond acceptors (Lipinski definition) is 7. The van der Waals surface area contributed by atoms with E-state index in [1.807, 2.05) is 0 Å². The minimum absolute atomic E-state index is 0.0343. The number of anilines is 1. The van der Waals surface area contributed by atoms with Crippen LogP contribution in [0.5, 0.6) is 5.75 Å². The van der Waals surface area contributed by atoms with Crippen molar-refractivity contribution in [2.45, 2.75) is 52.2 Å². The summed E-state index contributed by atoms with van der Waals surface area (Å²) >= 11 is 0. The SMILES string of the molecule is CO.Cc1ccc(COC2CCCC2)cc1C.NC(=O)c1cc(-c2cc(O)cc(C=O)c2)cnc1N. The van der Waals surface area contributed by atoms with Gasteiger partial charge >= 0.3 is 0 Å².